The standard InChI is InChI=1S/C21H20ClN3O5/c1-30-16-9-11(3-5-15(16)28)20-17-18(13-10-12(22)4-6-14(13)27)23-24-19(17)21(29)25(20)7-2-8-26/h3-6,9-10,20,26-28H,2,7-8H2,1H3,(H,23,24). The van der Waals surface area contributed by atoms with Crippen LogP contribution < -0.4 is 4.74 Å². The zero-order valence-corrected chi connectivity index (χ0v) is 16.8. The number of phenolic OH excluding ortho intramolecular Hbond substituents is 2. The minimum atomic E-state index is -0.555. The Morgan fingerprint density at radius 3 is 2.70 bits per heavy atom. The maximum atomic E-state index is 13.1. The molecule has 0 aliphatic carbocycles. The minimum Gasteiger partial charge on any atom is -0.507 e. The summed E-state index contributed by atoms with van der Waals surface area (Å²) in [5.74, 6) is -0.0356. The number of fused-ring (bicyclic) bond motifs is 1. The Bertz CT molecular complexity index is 1110. The van der Waals surface area contributed by atoms with Gasteiger partial charge in [0, 0.05) is 29.3 Å². The van der Waals surface area contributed by atoms with E-state index in [9.17, 15) is 20.1 Å². The third-order valence-electron chi connectivity index (χ3n) is 5.15. The zero-order chi connectivity index (χ0) is 21.4. The van der Waals surface area contributed by atoms with Gasteiger partial charge >= 0.3 is 0 Å². The highest BCUT2D eigenvalue weighted by Gasteiger charge is 2.42. The molecular weight excluding hydrogens is 410 g/mol. The number of phenols is 2. The Labute approximate surface area is 177 Å². The third-order valence-corrected chi connectivity index (χ3v) is 5.39. The lowest BCUT2D eigenvalue weighted by Gasteiger charge is -2.26. The highest BCUT2D eigenvalue weighted by molar-refractivity contribution is 6.31. The van der Waals surface area contributed by atoms with Crippen molar-refractivity contribution in [3.63, 3.8) is 0 Å². The lowest BCUT2D eigenvalue weighted by atomic mass is 9.95. The Balaban J connectivity index is 1.91. The van der Waals surface area contributed by atoms with E-state index in [1.807, 2.05) is 0 Å². The molecule has 1 atom stereocenters. The second kappa shape index (κ2) is 7.89. The van der Waals surface area contributed by atoms with Gasteiger partial charge in [-0.1, -0.05) is 17.7 Å². The molecule has 1 amide bonds. The molecule has 3 aromatic rings. The summed E-state index contributed by atoms with van der Waals surface area (Å²) in [4.78, 5) is 14.7. The molecule has 156 valence electrons. The van der Waals surface area contributed by atoms with E-state index in [0.717, 1.165) is 0 Å². The first-order valence-electron chi connectivity index (χ1n) is 9.32. The van der Waals surface area contributed by atoms with Gasteiger partial charge in [-0.05, 0) is 42.3 Å². The molecule has 2 aromatic carbocycles. The predicted octanol–water partition coefficient (Wildman–Crippen LogP) is 3.08. The van der Waals surface area contributed by atoms with Gasteiger partial charge in [-0.2, -0.15) is 5.10 Å². The highest BCUT2D eigenvalue weighted by atomic mass is 35.5. The molecule has 2 heterocycles. The van der Waals surface area contributed by atoms with E-state index >= 15 is 0 Å². The predicted molar refractivity (Wildman–Crippen MR) is 110 cm³/mol. The number of carbonyl (C=O) groups is 1. The van der Waals surface area contributed by atoms with Crippen LogP contribution in [0, 0.1) is 0 Å². The molecule has 0 saturated heterocycles. The van der Waals surface area contributed by atoms with Crippen LogP contribution in [0.2, 0.25) is 5.02 Å². The molecule has 4 N–H and O–H groups in total. The Hall–Kier alpha value is -3.23. The van der Waals surface area contributed by atoms with Gasteiger partial charge in [-0.3, -0.25) is 9.89 Å². The molecule has 1 aromatic heterocycles. The molecule has 0 bridgehead atoms. The van der Waals surface area contributed by atoms with Gasteiger partial charge in [0.05, 0.1) is 13.2 Å². The first kappa shape index (κ1) is 20.1. The normalized spacial score (nSPS) is 15.5. The van der Waals surface area contributed by atoms with Gasteiger partial charge in [-0.25, -0.2) is 0 Å². The molecule has 30 heavy (non-hydrogen) atoms. The molecule has 8 nitrogen and oxygen atoms in total. The largest absolute Gasteiger partial charge is 0.507 e. The maximum Gasteiger partial charge on any atom is 0.273 e. The number of H-pyrrole nitrogens is 1. The maximum absolute atomic E-state index is 13.1. The molecule has 0 fully saturated rings. The van der Waals surface area contributed by atoms with Crippen LogP contribution in [0.3, 0.4) is 0 Å². The second-order valence-corrected chi connectivity index (χ2v) is 7.37. The number of methoxy groups -OCH3 is 1. The highest BCUT2D eigenvalue weighted by Crippen LogP contribution is 2.46. The zero-order valence-electron chi connectivity index (χ0n) is 16.1. The molecule has 4 rings (SSSR count). The van der Waals surface area contributed by atoms with E-state index in [4.69, 9.17) is 16.3 Å². The number of aromatic hydroxyl groups is 2. The van der Waals surface area contributed by atoms with Crippen molar-refractivity contribution in [2.75, 3.05) is 20.3 Å². The number of carbonyl (C=O) groups excluding carboxylic acids is 1. The summed E-state index contributed by atoms with van der Waals surface area (Å²) in [5.41, 5.74) is 2.39. The number of rotatable bonds is 6. The topological polar surface area (TPSA) is 119 Å². The Morgan fingerprint density at radius 1 is 1.20 bits per heavy atom. The number of amides is 1. The van der Waals surface area contributed by atoms with Gasteiger partial charge in [0.25, 0.3) is 5.91 Å². The van der Waals surface area contributed by atoms with E-state index in [-0.39, 0.29) is 29.8 Å². The van der Waals surface area contributed by atoms with E-state index in [1.165, 1.54) is 19.2 Å². The van der Waals surface area contributed by atoms with Crippen molar-refractivity contribution in [3.05, 3.63) is 58.2 Å². The van der Waals surface area contributed by atoms with Crippen LogP contribution in [-0.4, -0.2) is 56.6 Å². The minimum absolute atomic E-state index is 0.0167. The van der Waals surface area contributed by atoms with Crippen LogP contribution >= 0.6 is 11.6 Å². The van der Waals surface area contributed by atoms with E-state index in [0.29, 0.717) is 46.1 Å². The lowest BCUT2D eigenvalue weighted by Crippen LogP contribution is -2.31. The molecule has 1 aliphatic rings. The summed E-state index contributed by atoms with van der Waals surface area (Å²) >= 11 is 6.12. The van der Waals surface area contributed by atoms with Gasteiger partial charge in [0.1, 0.15) is 17.1 Å². The fraction of sp³-hybridized carbons (Fsp3) is 0.238. The van der Waals surface area contributed by atoms with E-state index < -0.39 is 6.04 Å². The summed E-state index contributed by atoms with van der Waals surface area (Å²) in [5, 5.41) is 37.2. The fourth-order valence-electron chi connectivity index (χ4n) is 3.78. The molecule has 0 spiro atoms. The number of ether oxygens (including phenoxy) is 1. The molecule has 0 radical (unpaired) electrons. The van der Waals surface area contributed by atoms with Crippen molar-refractivity contribution in [2.24, 2.45) is 0 Å². The first-order valence-corrected chi connectivity index (χ1v) is 9.70. The van der Waals surface area contributed by atoms with Crippen molar-refractivity contribution in [1.82, 2.24) is 15.1 Å². The van der Waals surface area contributed by atoms with Crippen LogP contribution in [0.5, 0.6) is 17.2 Å². The van der Waals surface area contributed by atoms with Crippen molar-refractivity contribution < 1.29 is 24.9 Å². The first-order chi connectivity index (χ1) is 14.5. The van der Waals surface area contributed by atoms with Crippen molar-refractivity contribution in [3.8, 4) is 28.5 Å². The van der Waals surface area contributed by atoms with Gasteiger partial charge in [-0.15, -0.1) is 0 Å². The Morgan fingerprint density at radius 2 is 1.97 bits per heavy atom. The van der Waals surface area contributed by atoms with E-state index in [1.54, 1.807) is 29.2 Å². The number of benzene rings is 2. The second-order valence-electron chi connectivity index (χ2n) is 6.93. The molecule has 0 saturated carbocycles. The monoisotopic (exact) mass is 429 g/mol. The Kier molecular flexibility index (Phi) is 5.27. The van der Waals surface area contributed by atoms with Crippen LogP contribution in [0.4, 0.5) is 0 Å². The SMILES string of the molecule is COc1cc(C2c3c(-c4cc(Cl)ccc4O)n[nH]c3C(=O)N2CCCO)ccc1O. The number of hydrogen-bond donors (Lipinski definition) is 4. The number of aliphatic hydroxyl groups excluding tert-OH is 1. The van der Waals surface area contributed by atoms with Gasteiger partial charge in [0.2, 0.25) is 0 Å². The average molecular weight is 430 g/mol. The van der Waals surface area contributed by atoms with Crippen LogP contribution in [0.25, 0.3) is 11.3 Å². The smallest absolute Gasteiger partial charge is 0.273 e. The number of aliphatic hydroxyl groups is 1. The summed E-state index contributed by atoms with van der Waals surface area (Å²) < 4.78 is 5.23. The summed E-state index contributed by atoms with van der Waals surface area (Å²) in [7, 11) is 1.45. The lowest BCUT2D eigenvalue weighted by molar-refractivity contribution is 0.0732. The van der Waals surface area contributed by atoms with Crippen molar-refractivity contribution >= 4 is 17.5 Å². The van der Waals surface area contributed by atoms with Gasteiger partial charge in [0.15, 0.2) is 11.5 Å². The van der Waals surface area contributed by atoms with E-state index in [2.05, 4.69) is 10.2 Å². The van der Waals surface area contributed by atoms with Crippen LogP contribution in [0.15, 0.2) is 36.4 Å². The van der Waals surface area contributed by atoms with Gasteiger partial charge < -0.3 is 25.0 Å². The molecular formula is C21H20ClN3O5. The van der Waals surface area contributed by atoms with Crippen LogP contribution in [0.1, 0.15) is 34.1 Å². The molecule has 9 heteroatoms. The quantitative estimate of drug-likeness (QED) is 0.478. The number of aromatic nitrogens is 2. The van der Waals surface area contributed by atoms with Crippen molar-refractivity contribution in [2.45, 2.75) is 12.5 Å². The number of aromatic amines is 1. The number of nitrogens with one attached hydrogen (secondary N) is 1. The average Bonchev–Trinajstić information content (AvgIpc) is 3.28. The van der Waals surface area contributed by atoms with Crippen LogP contribution in [-0.2, 0) is 0 Å². The summed E-state index contributed by atoms with van der Waals surface area (Å²) in [6.07, 6.45) is 0.396. The summed E-state index contributed by atoms with van der Waals surface area (Å²) in [6.45, 7) is 0.246. The number of halogens is 1. The third kappa shape index (κ3) is 3.24. The summed E-state index contributed by atoms with van der Waals surface area (Å²) in [6, 6.07) is 8.92. The number of hydrogen-bond acceptors (Lipinski definition) is 6. The molecule has 1 unspecified atom stereocenters. The molecule has 1 aliphatic heterocycles. The van der Waals surface area contributed by atoms with Crippen molar-refractivity contribution in [1.29, 1.82) is 0 Å². The number of nitrogens with zero attached hydrogens (tertiary/aromatic N) is 2. The fourth-order valence-corrected chi connectivity index (χ4v) is 3.95.